The van der Waals surface area contributed by atoms with Crippen LogP contribution in [0.4, 0.5) is 6.01 Å². The van der Waals surface area contributed by atoms with Gasteiger partial charge in [-0.1, -0.05) is 151 Å². The number of unbranched alkanes of at least 4 members (excludes halogenated alkanes) is 11. The smallest absolute Gasteiger partial charge is 0.301 e. The molecule has 0 radical (unpaired) electrons. The topological polar surface area (TPSA) is 55.1 Å². The fraction of sp³-hybridized carbons (Fsp3) is 0.568. The summed E-state index contributed by atoms with van der Waals surface area (Å²) >= 11 is 6.04. The van der Waals surface area contributed by atoms with Crippen molar-refractivity contribution >= 4 is 23.5 Å². The molecule has 1 heterocycles. The van der Waals surface area contributed by atoms with E-state index in [4.69, 9.17) is 16.0 Å². The van der Waals surface area contributed by atoms with E-state index in [-0.39, 0.29) is 11.9 Å². The van der Waals surface area contributed by atoms with Crippen molar-refractivity contribution in [2.45, 2.75) is 128 Å². The standard InChI is InChI=1S/C37H51ClN2O2/c1-2-3-4-5-6-7-8-9-10-11-12-18-27-37(32-21-16-17-22-32,31-19-14-13-15-20-31)35(41)40-36-39-29-34(42-36)28-30-23-25-33(38)26-24-30/h13-15,19-20,23-26,29,32H,2-12,16-18,21-22,27-28H2,1H3,(H,39,40,41). The molecule has 0 bridgehead atoms. The Labute approximate surface area is 259 Å². The molecule has 5 heteroatoms. The zero-order chi connectivity index (χ0) is 29.5. The molecule has 1 aliphatic carbocycles. The van der Waals surface area contributed by atoms with Crippen LogP contribution in [-0.2, 0) is 16.6 Å². The lowest BCUT2D eigenvalue weighted by Crippen LogP contribution is -2.46. The van der Waals surface area contributed by atoms with Crippen LogP contribution in [0.3, 0.4) is 0 Å². The number of carbonyl (C=O) groups is 1. The SMILES string of the molecule is CCCCCCCCCCCCCCC(C(=O)Nc1ncc(Cc2ccc(Cl)cc2)o1)(c1ccccc1)C1CCCC1. The van der Waals surface area contributed by atoms with Gasteiger partial charge in [-0.2, -0.15) is 0 Å². The third kappa shape index (κ3) is 9.46. The molecule has 1 atom stereocenters. The lowest BCUT2D eigenvalue weighted by Gasteiger charge is -2.38. The van der Waals surface area contributed by atoms with Gasteiger partial charge in [0.15, 0.2) is 0 Å². The van der Waals surface area contributed by atoms with Gasteiger partial charge in [-0.15, -0.1) is 0 Å². The second-order valence-corrected chi connectivity index (χ2v) is 12.8. The third-order valence-corrected chi connectivity index (χ3v) is 9.49. The Morgan fingerprint density at radius 2 is 1.45 bits per heavy atom. The van der Waals surface area contributed by atoms with E-state index in [0.717, 1.165) is 42.6 Å². The molecule has 1 fully saturated rings. The number of anilines is 1. The Morgan fingerprint density at radius 1 is 0.857 bits per heavy atom. The normalized spacial score (nSPS) is 15.1. The maximum Gasteiger partial charge on any atom is 0.301 e. The zero-order valence-electron chi connectivity index (χ0n) is 25.7. The predicted molar refractivity (Wildman–Crippen MR) is 175 cm³/mol. The highest BCUT2D eigenvalue weighted by Crippen LogP contribution is 2.46. The average molecular weight is 591 g/mol. The molecule has 1 amide bonds. The summed E-state index contributed by atoms with van der Waals surface area (Å²) in [5.41, 5.74) is 1.65. The van der Waals surface area contributed by atoms with E-state index in [0.29, 0.717) is 17.4 Å². The summed E-state index contributed by atoms with van der Waals surface area (Å²) in [4.78, 5) is 18.8. The van der Waals surface area contributed by atoms with E-state index in [2.05, 4.69) is 41.5 Å². The number of aromatic nitrogens is 1. The highest BCUT2D eigenvalue weighted by molar-refractivity contribution is 6.30. The van der Waals surface area contributed by atoms with Crippen molar-refractivity contribution in [1.29, 1.82) is 0 Å². The third-order valence-electron chi connectivity index (χ3n) is 9.24. The van der Waals surface area contributed by atoms with E-state index in [1.807, 2.05) is 30.3 Å². The number of amides is 1. The lowest BCUT2D eigenvalue weighted by atomic mass is 9.65. The molecule has 228 valence electrons. The molecule has 1 aliphatic rings. The minimum absolute atomic E-state index is 0.0311. The van der Waals surface area contributed by atoms with Crippen LogP contribution in [-0.4, -0.2) is 10.9 Å². The first kappa shape index (κ1) is 32.3. The van der Waals surface area contributed by atoms with Crippen molar-refractivity contribution in [1.82, 2.24) is 4.98 Å². The summed E-state index contributed by atoms with van der Waals surface area (Å²) in [6.07, 6.45) is 23.5. The van der Waals surface area contributed by atoms with E-state index in [9.17, 15) is 4.79 Å². The van der Waals surface area contributed by atoms with Crippen molar-refractivity contribution in [3.8, 4) is 0 Å². The molecule has 42 heavy (non-hydrogen) atoms. The van der Waals surface area contributed by atoms with Gasteiger partial charge in [0, 0.05) is 11.4 Å². The van der Waals surface area contributed by atoms with Crippen LogP contribution in [0.15, 0.2) is 65.2 Å². The summed E-state index contributed by atoms with van der Waals surface area (Å²) in [6, 6.07) is 18.5. The van der Waals surface area contributed by atoms with E-state index in [1.165, 1.54) is 83.5 Å². The van der Waals surface area contributed by atoms with Crippen molar-refractivity contribution in [3.63, 3.8) is 0 Å². The number of rotatable bonds is 19. The molecule has 1 aromatic heterocycles. The molecule has 1 unspecified atom stereocenters. The molecule has 2 aromatic carbocycles. The van der Waals surface area contributed by atoms with Gasteiger partial charge in [0.05, 0.1) is 11.6 Å². The minimum Gasteiger partial charge on any atom is -0.428 e. The number of nitrogens with zero attached hydrogens (tertiary/aromatic N) is 1. The zero-order valence-corrected chi connectivity index (χ0v) is 26.5. The maximum atomic E-state index is 14.3. The second-order valence-electron chi connectivity index (χ2n) is 12.3. The summed E-state index contributed by atoms with van der Waals surface area (Å²) in [5.74, 6) is 1.08. The minimum atomic E-state index is -0.568. The Hall–Kier alpha value is -2.59. The van der Waals surface area contributed by atoms with Gasteiger partial charge < -0.3 is 4.42 Å². The molecule has 4 rings (SSSR count). The first-order valence-electron chi connectivity index (χ1n) is 16.7. The summed E-state index contributed by atoms with van der Waals surface area (Å²) in [7, 11) is 0. The Morgan fingerprint density at radius 3 is 2.07 bits per heavy atom. The number of nitrogens with one attached hydrogen (secondary N) is 1. The van der Waals surface area contributed by atoms with Gasteiger partial charge in [0.1, 0.15) is 5.76 Å². The molecule has 1 saturated carbocycles. The Balaban J connectivity index is 1.37. The molecule has 3 aromatic rings. The lowest BCUT2D eigenvalue weighted by molar-refractivity contribution is -0.124. The summed E-state index contributed by atoms with van der Waals surface area (Å²) in [6.45, 7) is 2.28. The molecular weight excluding hydrogens is 540 g/mol. The molecule has 1 N–H and O–H groups in total. The van der Waals surface area contributed by atoms with Gasteiger partial charge in [-0.3, -0.25) is 10.1 Å². The van der Waals surface area contributed by atoms with Crippen LogP contribution in [0.5, 0.6) is 0 Å². The monoisotopic (exact) mass is 590 g/mol. The van der Waals surface area contributed by atoms with Crippen molar-refractivity contribution < 1.29 is 9.21 Å². The quantitative estimate of drug-likeness (QED) is 0.141. The van der Waals surface area contributed by atoms with Crippen LogP contribution < -0.4 is 5.32 Å². The highest BCUT2D eigenvalue weighted by atomic mass is 35.5. The predicted octanol–water partition coefficient (Wildman–Crippen LogP) is 11.1. The molecule has 0 aliphatic heterocycles. The Bertz CT molecular complexity index is 1170. The first-order chi connectivity index (χ1) is 20.6. The number of carbonyl (C=O) groups excluding carboxylic acids is 1. The van der Waals surface area contributed by atoms with Crippen LogP contribution in [0.25, 0.3) is 0 Å². The van der Waals surface area contributed by atoms with Crippen molar-refractivity contribution in [3.05, 3.63) is 82.7 Å². The van der Waals surface area contributed by atoms with E-state index < -0.39 is 5.41 Å². The first-order valence-corrected chi connectivity index (χ1v) is 17.1. The van der Waals surface area contributed by atoms with E-state index in [1.54, 1.807) is 6.20 Å². The number of halogens is 1. The van der Waals surface area contributed by atoms with Crippen molar-refractivity contribution in [2.24, 2.45) is 5.92 Å². The van der Waals surface area contributed by atoms with Gasteiger partial charge in [0.2, 0.25) is 5.91 Å². The Kier molecular flexibility index (Phi) is 13.5. The molecule has 4 nitrogen and oxygen atoms in total. The van der Waals surface area contributed by atoms with E-state index >= 15 is 0 Å². The van der Waals surface area contributed by atoms with Gasteiger partial charge in [0.25, 0.3) is 0 Å². The van der Waals surface area contributed by atoms with Crippen LogP contribution in [0.2, 0.25) is 5.02 Å². The second kappa shape index (κ2) is 17.5. The van der Waals surface area contributed by atoms with Gasteiger partial charge >= 0.3 is 6.01 Å². The highest BCUT2D eigenvalue weighted by Gasteiger charge is 2.47. The fourth-order valence-electron chi connectivity index (χ4n) is 6.87. The number of hydrogen-bond acceptors (Lipinski definition) is 3. The van der Waals surface area contributed by atoms with Crippen LogP contribution >= 0.6 is 11.6 Å². The molecule has 0 saturated heterocycles. The largest absolute Gasteiger partial charge is 0.428 e. The van der Waals surface area contributed by atoms with Crippen molar-refractivity contribution in [2.75, 3.05) is 5.32 Å². The summed E-state index contributed by atoms with van der Waals surface area (Å²) < 4.78 is 6.02. The number of benzene rings is 2. The van der Waals surface area contributed by atoms with Crippen LogP contribution in [0, 0.1) is 5.92 Å². The summed E-state index contributed by atoms with van der Waals surface area (Å²) in [5, 5.41) is 3.84. The van der Waals surface area contributed by atoms with Crippen LogP contribution in [0.1, 0.15) is 133 Å². The average Bonchev–Trinajstić information content (AvgIpc) is 3.70. The number of hydrogen-bond donors (Lipinski definition) is 1. The molecule has 0 spiro atoms. The van der Waals surface area contributed by atoms with Gasteiger partial charge in [-0.25, -0.2) is 4.98 Å². The van der Waals surface area contributed by atoms with Gasteiger partial charge in [-0.05, 0) is 48.4 Å². The number of oxazole rings is 1. The maximum absolute atomic E-state index is 14.3. The molecular formula is C37H51ClN2O2. The fourth-order valence-corrected chi connectivity index (χ4v) is 7.00.